The predicted octanol–water partition coefficient (Wildman–Crippen LogP) is 2.46. The van der Waals surface area contributed by atoms with Crippen molar-refractivity contribution in [1.29, 1.82) is 0 Å². The number of rotatable bonds is 5. The maximum absolute atomic E-state index is 11.8. The molecular formula is C15H24O5. The Labute approximate surface area is 120 Å². The Kier molecular flexibility index (Phi) is 5.05. The molecule has 0 radical (unpaired) electrons. The van der Waals surface area contributed by atoms with Crippen LogP contribution >= 0.6 is 0 Å². The number of carbonyl (C=O) groups is 1. The molecule has 0 aromatic heterocycles. The second-order valence-electron chi connectivity index (χ2n) is 5.47. The molecule has 2 unspecified atom stereocenters. The summed E-state index contributed by atoms with van der Waals surface area (Å²) in [5, 5.41) is 0. The molecule has 1 fully saturated rings. The highest BCUT2D eigenvalue weighted by atomic mass is 16.8. The highest BCUT2D eigenvalue weighted by Gasteiger charge is 2.47. The largest absolute Gasteiger partial charge is 0.472 e. The van der Waals surface area contributed by atoms with E-state index in [1.807, 2.05) is 13.8 Å². The van der Waals surface area contributed by atoms with E-state index in [1.54, 1.807) is 0 Å². The lowest BCUT2D eigenvalue weighted by Gasteiger charge is -2.36. The van der Waals surface area contributed by atoms with Crippen LogP contribution in [0.3, 0.4) is 0 Å². The lowest BCUT2D eigenvalue weighted by molar-refractivity contribution is -0.250. The molecule has 0 N–H and O–H groups in total. The molecule has 0 bridgehead atoms. The first kappa shape index (κ1) is 15.3. The molecule has 5 heteroatoms. The minimum atomic E-state index is -0.354. The van der Waals surface area contributed by atoms with Gasteiger partial charge in [-0.3, -0.25) is 0 Å². The second kappa shape index (κ2) is 6.59. The molecule has 0 amide bonds. The predicted molar refractivity (Wildman–Crippen MR) is 72.5 cm³/mol. The highest BCUT2D eigenvalue weighted by Crippen LogP contribution is 2.47. The zero-order valence-electron chi connectivity index (χ0n) is 12.6. The number of esters is 1. The van der Waals surface area contributed by atoms with E-state index in [4.69, 9.17) is 18.9 Å². The van der Waals surface area contributed by atoms with Gasteiger partial charge < -0.3 is 18.9 Å². The summed E-state index contributed by atoms with van der Waals surface area (Å²) in [5.74, 6) is 0.486. The molecule has 5 nitrogen and oxygen atoms in total. The number of fused-ring (bicyclic) bond motifs is 1. The van der Waals surface area contributed by atoms with Crippen molar-refractivity contribution in [3.05, 3.63) is 11.8 Å². The van der Waals surface area contributed by atoms with Gasteiger partial charge in [-0.15, -0.1) is 0 Å². The van der Waals surface area contributed by atoms with Gasteiger partial charge in [-0.25, -0.2) is 4.79 Å². The van der Waals surface area contributed by atoms with Crippen molar-refractivity contribution in [1.82, 2.24) is 0 Å². The third-order valence-electron chi connectivity index (χ3n) is 4.25. The highest BCUT2D eigenvalue weighted by molar-refractivity contribution is 5.88. The van der Waals surface area contributed by atoms with E-state index in [9.17, 15) is 4.79 Å². The van der Waals surface area contributed by atoms with Gasteiger partial charge in [-0.05, 0) is 32.6 Å². The first-order chi connectivity index (χ1) is 9.58. The monoisotopic (exact) mass is 284 g/mol. The average Bonchev–Trinajstić information content (AvgIpc) is 2.81. The van der Waals surface area contributed by atoms with Crippen LogP contribution in [-0.4, -0.2) is 32.3 Å². The van der Waals surface area contributed by atoms with Crippen molar-refractivity contribution in [2.75, 3.05) is 13.7 Å². The van der Waals surface area contributed by atoms with E-state index >= 15 is 0 Å². The fourth-order valence-electron chi connectivity index (χ4n) is 3.27. The van der Waals surface area contributed by atoms with Crippen LogP contribution in [0.5, 0.6) is 0 Å². The van der Waals surface area contributed by atoms with Crippen molar-refractivity contribution < 1.29 is 23.7 Å². The van der Waals surface area contributed by atoms with Gasteiger partial charge in [-0.1, -0.05) is 6.92 Å². The summed E-state index contributed by atoms with van der Waals surface area (Å²) in [6, 6.07) is 0. The first-order valence-corrected chi connectivity index (χ1v) is 7.29. The molecule has 2 rings (SSSR count). The zero-order chi connectivity index (χ0) is 14.7. The van der Waals surface area contributed by atoms with Gasteiger partial charge in [0, 0.05) is 18.4 Å². The Morgan fingerprint density at radius 1 is 1.50 bits per heavy atom. The minimum Gasteiger partial charge on any atom is -0.472 e. The lowest BCUT2D eigenvalue weighted by Crippen LogP contribution is -2.39. The Balaban J connectivity index is 2.12. The molecule has 0 saturated heterocycles. The van der Waals surface area contributed by atoms with Crippen LogP contribution in [0.15, 0.2) is 11.8 Å². The topological polar surface area (TPSA) is 54.0 Å². The number of hydrogen-bond donors (Lipinski definition) is 0. The first-order valence-electron chi connectivity index (χ1n) is 7.29. The third kappa shape index (κ3) is 2.99. The SMILES string of the molecule is CCOC(C)O[C@@H]1OC=C(C(=O)OC)[C@H]2CCC(C)[C@@H]12. The fourth-order valence-corrected chi connectivity index (χ4v) is 3.27. The van der Waals surface area contributed by atoms with E-state index in [1.165, 1.54) is 13.4 Å². The molecule has 1 heterocycles. The normalized spacial score (nSPS) is 33.9. The molecule has 0 spiro atoms. The van der Waals surface area contributed by atoms with Gasteiger partial charge >= 0.3 is 5.97 Å². The van der Waals surface area contributed by atoms with Gasteiger partial charge in [0.25, 0.3) is 0 Å². The Morgan fingerprint density at radius 3 is 2.90 bits per heavy atom. The molecular weight excluding hydrogens is 260 g/mol. The van der Waals surface area contributed by atoms with Crippen LogP contribution < -0.4 is 0 Å². The summed E-state index contributed by atoms with van der Waals surface area (Å²) in [4.78, 5) is 11.8. The van der Waals surface area contributed by atoms with Gasteiger partial charge in [-0.2, -0.15) is 0 Å². The number of carbonyl (C=O) groups excluding carboxylic acids is 1. The van der Waals surface area contributed by atoms with Crippen LogP contribution in [-0.2, 0) is 23.7 Å². The van der Waals surface area contributed by atoms with Crippen molar-refractivity contribution >= 4 is 5.97 Å². The summed E-state index contributed by atoms with van der Waals surface area (Å²) >= 11 is 0. The maximum atomic E-state index is 11.8. The second-order valence-corrected chi connectivity index (χ2v) is 5.47. The molecule has 1 aliphatic carbocycles. The van der Waals surface area contributed by atoms with Gasteiger partial charge in [0.1, 0.15) is 0 Å². The molecule has 20 heavy (non-hydrogen) atoms. The molecule has 2 aliphatic rings. The Morgan fingerprint density at radius 2 is 2.25 bits per heavy atom. The van der Waals surface area contributed by atoms with Crippen molar-refractivity contribution in [2.45, 2.75) is 46.2 Å². The number of ether oxygens (including phenoxy) is 4. The van der Waals surface area contributed by atoms with Crippen molar-refractivity contribution in [3.63, 3.8) is 0 Å². The average molecular weight is 284 g/mol. The van der Waals surface area contributed by atoms with E-state index in [-0.39, 0.29) is 30.4 Å². The Bertz CT molecular complexity index is 378. The standard InChI is InChI=1S/C15H24O5/c1-5-18-10(3)20-15-13-9(2)6-7-11(13)12(8-19-15)14(16)17-4/h8-11,13,15H,5-7H2,1-4H3/t9?,10?,11-,13-,15+/m1/s1. The van der Waals surface area contributed by atoms with Crippen molar-refractivity contribution in [3.8, 4) is 0 Å². The van der Waals surface area contributed by atoms with Crippen LogP contribution in [0.2, 0.25) is 0 Å². The summed E-state index contributed by atoms with van der Waals surface area (Å²) in [5.41, 5.74) is 0.630. The van der Waals surface area contributed by atoms with Crippen molar-refractivity contribution in [2.24, 2.45) is 17.8 Å². The van der Waals surface area contributed by atoms with E-state index in [2.05, 4.69) is 6.92 Å². The lowest BCUT2D eigenvalue weighted by atomic mass is 9.83. The van der Waals surface area contributed by atoms with E-state index in [0.29, 0.717) is 18.1 Å². The molecule has 1 aliphatic heterocycles. The fraction of sp³-hybridized carbons (Fsp3) is 0.800. The quantitative estimate of drug-likeness (QED) is 0.573. The van der Waals surface area contributed by atoms with Crippen LogP contribution in [0, 0.1) is 17.8 Å². The minimum absolute atomic E-state index is 0.157. The summed E-state index contributed by atoms with van der Waals surface area (Å²) < 4.78 is 21.7. The summed E-state index contributed by atoms with van der Waals surface area (Å²) in [7, 11) is 1.40. The van der Waals surface area contributed by atoms with Crippen LogP contribution in [0.4, 0.5) is 0 Å². The zero-order valence-corrected chi connectivity index (χ0v) is 12.6. The summed E-state index contributed by atoms with van der Waals surface area (Å²) in [6.45, 7) is 6.57. The van der Waals surface area contributed by atoms with Crippen LogP contribution in [0.25, 0.3) is 0 Å². The smallest absolute Gasteiger partial charge is 0.337 e. The van der Waals surface area contributed by atoms with Gasteiger partial charge in [0.2, 0.25) is 6.29 Å². The molecule has 0 aromatic rings. The third-order valence-corrected chi connectivity index (χ3v) is 4.25. The molecule has 114 valence electrons. The number of hydrogen-bond acceptors (Lipinski definition) is 5. The molecule has 5 atom stereocenters. The molecule has 0 aromatic carbocycles. The van der Waals surface area contributed by atoms with Crippen LogP contribution in [0.1, 0.15) is 33.6 Å². The van der Waals surface area contributed by atoms with Gasteiger partial charge in [0.15, 0.2) is 6.29 Å². The summed E-state index contributed by atoms with van der Waals surface area (Å²) in [6.07, 6.45) is 2.88. The van der Waals surface area contributed by atoms with Gasteiger partial charge in [0.05, 0.1) is 18.9 Å². The van der Waals surface area contributed by atoms with E-state index < -0.39 is 0 Å². The number of methoxy groups -OCH3 is 1. The maximum Gasteiger partial charge on any atom is 0.337 e. The molecule has 1 saturated carbocycles. The van der Waals surface area contributed by atoms with E-state index in [0.717, 1.165) is 12.8 Å². The Hall–Kier alpha value is -1.07.